The average Bonchev–Trinajstić information content (AvgIpc) is 3.19. The molecule has 0 aliphatic heterocycles. The van der Waals surface area contributed by atoms with Crippen LogP contribution >= 0.6 is 0 Å². The Hall–Kier alpha value is -2.96. The van der Waals surface area contributed by atoms with Crippen molar-refractivity contribution in [2.75, 3.05) is 6.61 Å². The Labute approximate surface area is 126 Å². The van der Waals surface area contributed by atoms with E-state index >= 15 is 0 Å². The van der Waals surface area contributed by atoms with Crippen molar-refractivity contribution in [3.05, 3.63) is 54.0 Å². The Balaban J connectivity index is 1.99. The zero-order valence-corrected chi connectivity index (χ0v) is 12.1. The van der Waals surface area contributed by atoms with Crippen LogP contribution in [0.2, 0.25) is 0 Å². The van der Waals surface area contributed by atoms with Gasteiger partial charge in [0.05, 0.1) is 13.2 Å². The first kappa shape index (κ1) is 14.0. The van der Waals surface area contributed by atoms with E-state index in [1.165, 1.54) is 0 Å². The van der Waals surface area contributed by atoms with Crippen molar-refractivity contribution in [3.8, 4) is 11.3 Å². The fraction of sp³-hybridized carbons (Fsp3) is 0.200. The van der Waals surface area contributed by atoms with Gasteiger partial charge in [-0.25, -0.2) is 4.79 Å². The number of benzene rings is 1. The van der Waals surface area contributed by atoms with Crippen LogP contribution < -0.4 is 0 Å². The summed E-state index contributed by atoms with van der Waals surface area (Å²) in [7, 11) is 0. The van der Waals surface area contributed by atoms with Crippen LogP contribution in [0.25, 0.3) is 11.3 Å². The van der Waals surface area contributed by atoms with Crippen molar-refractivity contribution in [3.63, 3.8) is 0 Å². The lowest BCUT2D eigenvalue weighted by atomic mass is 10.0. The maximum atomic E-state index is 12.0. The second-order valence-electron chi connectivity index (χ2n) is 4.60. The summed E-state index contributed by atoms with van der Waals surface area (Å²) in [4.78, 5) is 12.0. The maximum Gasteiger partial charge on any atom is 0.361 e. The van der Waals surface area contributed by atoms with Crippen molar-refractivity contribution >= 4 is 5.97 Å². The molecule has 7 heteroatoms. The first-order valence-corrected chi connectivity index (χ1v) is 6.93. The van der Waals surface area contributed by atoms with Gasteiger partial charge in [0.2, 0.25) is 0 Å². The van der Waals surface area contributed by atoms with Crippen molar-refractivity contribution in [1.82, 2.24) is 25.2 Å². The van der Waals surface area contributed by atoms with Crippen molar-refractivity contribution in [1.29, 1.82) is 0 Å². The molecule has 3 rings (SSSR count). The Bertz CT molecular complexity index is 764. The molecule has 0 spiro atoms. The van der Waals surface area contributed by atoms with Crippen LogP contribution in [0.4, 0.5) is 0 Å². The van der Waals surface area contributed by atoms with Gasteiger partial charge in [-0.2, -0.15) is 15.4 Å². The number of esters is 1. The highest BCUT2D eigenvalue weighted by Gasteiger charge is 2.20. The maximum absolute atomic E-state index is 12.0. The third-order valence-corrected chi connectivity index (χ3v) is 3.18. The fourth-order valence-corrected chi connectivity index (χ4v) is 2.22. The highest BCUT2D eigenvalue weighted by Crippen LogP contribution is 2.25. The third kappa shape index (κ3) is 2.73. The standard InChI is InChI=1S/C15H15N5O2/c1-2-22-15(21)14-13(17-19-18-14)12-7-4-3-6-11(12)10-20-9-5-8-16-20/h3-9H,2,10H2,1H3,(H,17,18,19). The molecule has 1 aromatic carbocycles. The van der Waals surface area contributed by atoms with E-state index in [4.69, 9.17) is 4.74 Å². The molecule has 1 N–H and O–H groups in total. The van der Waals surface area contributed by atoms with Gasteiger partial charge >= 0.3 is 5.97 Å². The Morgan fingerprint density at radius 2 is 2.14 bits per heavy atom. The smallest absolute Gasteiger partial charge is 0.361 e. The summed E-state index contributed by atoms with van der Waals surface area (Å²) in [5.41, 5.74) is 2.50. The molecule has 3 aromatic rings. The normalized spacial score (nSPS) is 10.6. The summed E-state index contributed by atoms with van der Waals surface area (Å²) in [6.45, 7) is 2.63. The second-order valence-corrected chi connectivity index (χ2v) is 4.60. The number of ether oxygens (including phenoxy) is 1. The number of aromatic nitrogens is 5. The quantitative estimate of drug-likeness (QED) is 0.727. The zero-order chi connectivity index (χ0) is 15.4. The summed E-state index contributed by atoms with van der Waals surface area (Å²) in [6, 6.07) is 9.57. The Kier molecular flexibility index (Phi) is 3.95. The summed E-state index contributed by atoms with van der Waals surface area (Å²) in [5, 5.41) is 14.7. The number of carbonyl (C=O) groups excluding carboxylic acids is 1. The molecule has 2 heterocycles. The van der Waals surface area contributed by atoms with Gasteiger partial charge in [0.15, 0.2) is 5.69 Å². The van der Waals surface area contributed by atoms with Crippen LogP contribution in [0.15, 0.2) is 42.7 Å². The molecule has 7 nitrogen and oxygen atoms in total. The van der Waals surface area contributed by atoms with E-state index in [9.17, 15) is 4.79 Å². The Morgan fingerprint density at radius 1 is 1.27 bits per heavy atom. The number of rotatable bonds is 5. The molecule has 0 saturated heterocycles. The van der Waals surface area contributed by atoms with E-state index in [-0.39, 0.29) is 5.69 Å². The average molecular weight is 297 g/mol. The summed E-state index contributed by atoms with van der Waals surface area (Å²) in [6.07, 6.45) is 3.61. The lowest BCUT2D eigenvalue weighted by Crippen LogP contribution is -2.08. The number of nitrogens with zero attached hydrogens (tertiary/aromatic N) is 4. The minimum absolute atomic E-state index is 0.190. The molecule has 0 aliphatic rings. The Morgan fingerprint density at radius 3 is 2.91 bits per heavy atom. The van der Waals surface area contributed by atoms with E-state index in [2.05, 4.69) is 20.5 Å². The lowest BCUT2D eigenvalue weighted by molar-refractivity contribution is 0.0520. The predicted octanol–water partition coefficient (Wildman–Crippen LogP) is 1.89. The minimum Gasteiger partial charge on any atom is -0.461 e. The van der Waals surface area contributed by atoms with Gasteiger partial charge in [-0.3, -0.25) is 4.68 Å². The van der Waals surface area contributed by atoms with Gasteiger partial charge in [-0.15, -0.1) is 5.10 Å². The number of aromatic amines is 1. The molecule has 0 amide bonds. The van der Waals surface area contributed by atoms with Gasteiger partial charge in [-0.1, -0.05) is 24.3 Å². The largest absolute Gasteiger partial charge is 0.461 e. The molecular formula is C15H15N5O2. The first-order chi connectivity index (χ1) is 10.8. The molecule has 112 valence electrons. The van der Waals surface area contributed by atoms with Gasteiger partial charge in [0.25, 0.3) is 0 Å². The van der Waals surface area contributed by atoms with Crippen molar-refractivity contribution in [2.24, 2.45) is 0 Å². The number of H-pyrrole nitrogens is 1. The number of carbonyl (C=O) groups is 1. The molecule has 0 aliphatic carbocycles. The van der Waals surface area contributed by atoms with Crippen LogP contribution in [0.1, 0.15) is 23.0 Å². The molecule has 0 bridgehead atoms. The molecule has 2 aromatic heterocycles. The number of nitrogens with one attached hydrogen (secondary N) is 1. The van der Waals surface area contributed by atoms with Gasteiger partial charge in [-0.05, 0) is 18.6 Å². The van der Waals surface area contributed by atoms with Crippen LogP contribution in [0, 0.1) is 0 Å². The minimum atomic E-state index is -0.486. The highest BCUT2D eigenvalue weighted by atomic mass is 16.5. The lowest BCUT2D eigenvalue weighted by Gasteiger charge is -2.08. The molecule has 0 fully saturated rings. The molecular weight excluding hydrogens is 282 g/mol. The number of hydrogen-bond donors (Lipinski definition) is 1. The molecule has 0 atom stereocenters. The van der Waals surface area contributed by atoms with E-state index in [0.717, 1.165) is 11.1 Å². The van der Waals surface area contributed by atoms with Crippen LogP contribution in [-0.4, -0.2) is 37.8 Å². The SMILES string of the molecule is CCOC(=O)c1n[nH]nc1-c1ccccc1Cn1cccn1. The first-order valence-electron chi connectivity index (χ1n) is 6.93. The fourth-order valence-electron chi connectivity index (χ4n) is 2.22. The van der Waals surface area contributed by atoms with Gasteiger partial charge in [0, 0.05) is 18.0 Å². The molecule has 0 saturated carbocycles. The topological polar surface area (TPSA) is 85.7 Å². The molecule has 22 heavy (non-hydrogen) atoms. The van der Waals surface area contributed by atoms with Crippen LogP contribution in [-0.2, 0) is 11.3 Å². The van der Waals surface area contributed by atoms with Gasteiger partial charge < -0.3 is 4.74 Å². The summed E-state index contributed by atoms with van der Waals surface area (Å²) >= 11 is 0. The van der Waals surface area contributed by atoms with Crippen molar-refractivity contribution in [2.45, 2.75) is 13.5 Å². The van der Waals surface area contributed by atoms with E-state index < -0.39 is 5.97 Å². The monoisotopic (exact) mass is 297 g/mol. The third-order valence-electron chi connectivity index (χ3n) is 3.18. The van der Waals surface area contributed by atoms with E-state index in [0.29, 0.717) is 18.8 Å². The summed E-state index contributed by atoms with van der Waals surface area (Å²) in [5.74, 6) is -0.486. The van der Waals surface area contributed by atoms with Gasteiger partial charge in [0.1, 0.15) is 5.69 Å². The van der Waals surface area contributed by atoms with E-state index in [1.807, 2.05) is 41.2 Å². The van der Waals surface area contributed by atoms with Crippen LogP contribution in [0.5, 0.6) is 0 Å². The molecule has 0 unspecified atom stereocenters. The zero-order valence-electron chi connectivity index (χ0n) is 12.1. The summed E-state index contributed by atoms with van der Waals surface area (Å²) < 4.78 is 6.82. The predicted molar refractivity (Wildman–Crippen MR) is 79.1 cm³/mol. The van der Waals surface area contributed by atoms with Crippen LogP contribution in [0.3, 0.4) is 0 Å². The van der Waals surface area contributed by atoms with E-state index in [1.54, 1.807) is 13.1 Å². The number of hydrogen-bond acceptors (Lipinski definition) is 5. The highest BCUT2D eigenvalue weighted by molar-refractivity contribution is 5.94. The van der Waals surface area contributed by atoms with Crippen molar-refractivity contribution < 1.29 is 9.53 Å². The molecule has 0 radical (unpaired) electrons. The second kappa shape index (κ2) is 6.21.